The number of carbonyl (C=O) groups excluding carboxylic acids is 3. The highest BCUT2D eigenvalue weighted by Gasteiger charge is 2.27. The van der Waals surface area contributed by atoms with E-state index >= 15 is 0 Å². The lowest BCUT2D eigenvalue weighted by Gasteiger charge is -2.23. The minimum absolute atomic E-state index is 0.0861. The van der Waals surface area contributed by atoms with Gasteiger partial charge in [0.1, 0.15) is 6.04 Å². The summed E-state index contributed by atoms with van der Waals surface area (Å²) in [7, 11) is 1.28. The van der Waals surface area contributed by atoms with Gasteiger partial charge < -0.3 is 25.6 Å². The van der Waals surface area contributed by atoms with Crippen LogP contribution in [0.25, 0.3) is 0 Å². The summed E-state index contributed by atoms with van der Waals surface area (Å²) >= 11 is 0. The number of rotatable bonds is 15. The number of hydrogen-bond donors (Lipinski definition) is 4. The van der Waals surface area contributed by atoms with Crippen molar-refractivity contribution in [2.75, 3.05) is 19.0 Å². The quantitative estimate of drug-likeness (QED) is 0.260. The Bertz CT molecular complexity index is 1070. The van der Waals surface area contributed by atoms with Crippen LogP contribution >= 0.6 is 0 Å². The van der Waals surface area contributed by atoms with Crippen LogP contribution in [-0.4, -0.2) is 53.7 Å². The Morgan fingerprint density at radius 3 is 2.03 bits per heavy atom. The summed E-state index contributed by atoms with van der Waals surface area (Å²) in [5, 5.41) is 24.0. The lowest BCUT2D eigenvalue weighted by atomic mass is 9.94. The van der Waals surface area contributed by atoms with Gasteiger partial charge in [0.25, 0.3) is 0 Å². The van der Waals surface area contributed by atoms with E-state index in [0.717, 1.165) is 11.1 Å². The van der Waals surface area contributed by atoms with E-state index < -0.39 is 35.7 Å². The molecule has 0 saturated heterocycles. The summed E-state index contributed by atoms with van der Waals surface area (Å²) in [6, 6.07) is 13.2. The zero-order valence-electron chi connectivity index (χ0n) is 22.2. The predicted octanol–water partition coefficient (Wildman–Crippen LogP) is 3.59. The van der Waals surface area contributed by atoms with Crippen LogP contribution in [0.15, 0.2) is 48.5 Å². The summed E-state index contributed by atoms with van der Waals surface area (Å²) in [5.74, 6) is -3.13. The van der Waals surface area contributed by atoms with Crippen LogP contribution < -0.4 is 10.6 Å². The molecule has 38 heavy (non-hydrogen) atoms. The molecule has 2 atom stereocenters. The first-order chi connectivity index (χ1) is 18.1. The molecule has 206 valence electrons. The van der Waals surface area contributed by atoms with Gasteiger partial charge in [0.15, 0.2) is 0 Å². The number of aryl methyl sites for hydroxylation is 1. The lowest BCUT2D eigenvalue weighted by molar-refractivity contribution is -0.141. The second kappa shape index (κ2) is 15.5. The van der Waals surface area contributed by atoms with Crippen molar-refractivity contribution in [3.8, 4) is 0 Å². The van der Waals surface area contributed by atoms with Crippen molar-refractivity contribution in [2.24, 2.45) is 11.8 Å². The fourth-order valence-corrected chi connectivity index (χ4v) is 4.12. The van der Waals surface area contributed by atoms with E-state index in [4.69, 9.17) is 5.11 Å². The second-order valence-corrected chi connectivity index (χ2v) is 9.73. The summed E-state index contributed by atoms with van der Waals surface area (Å²) in [6.07, 6.45) is 2.29. The number of aliphatic hydroxyl groups is 1. The van der Waals surface area contributed by atoms with Gasteiger partial charge in [-0.1, -0.05) is 38.1 Å². The van der Waals surface area contributed by atoms with E-state index in [1.165, 1.54) is 19.2 Å². The maximum atomic E-state index is 13.1. The van der Waals surface area contributed by atoms with Gasteiger partial charge in [-0.25, -0.2) is 4.79 Å². The van der Waals surface area contributed by atoms with Crippen molar-refractivity contribution in [1.29, 1.82) is 0 Å². The molecule has 2 unspecified atom stereocenters. The van der Waals surface area contributed by atoms with Crippen LogP contribution in [0.4, 0.5) is 5.69 Å². The molecule has 2 aromatic rings. The number of ether oxygens (including phenoxy) is 1. The van der Waals surface area contributed by atoms with Gasteiger partial charge in [-0.2, -0.15) is 0 Å². The molecule has 2 aromatic carbocycles. The van der Waals surface area contributed by atoms with Crippen LogP contribution in [0.1, 0.15) is 61.0 Å². The summed E-state index contributed by atoms with van der Waals surface area (Å²) in [6.45, 7) is 3.94. The normalized spacial score (nSPS) is 12.4. The number of nitrogens with one attached hydrogen (secondary N) is 2. The van der Waals surface area contributed by atoms with Crippen molar-refractivity contribution < 1.29 is 34.1 Å². The highest BCUT2D eigenvalue weighted by molar-refractivity contribution is 5.98. The first-order valence-electron chi connectivity index (χ1n) is 12.8. The Morgan fingerprint density at radius 2 is 1.50 bits per heavy atom. The molecule has 0 radical (unpaired) electrons. The number of esters is 1. The molecule has 9 heteroatoms. The number of aliphatic carboxylic acids is 1. The molecular weight excluding hydrogens is 488 g/mol. The molecule has 2 amide bonds. The molecule has 0 aromatic heterocycles. The lowest BCUT2D eigenvalue weighted by Crippen LogP contribution is -2.47. The molecule has 2 rings (SSSR count). The van der Waals surface area contributed by atoms with Gasteiger partial charge in [0, 0.05) is 18.2 Å². The molecule has 9 nitrogen and oxygen atoms in total. The molecule has 0 aliphatic carbocycles. The number of amides is 2. The van der Waals surface area contributed by atoms with Crippen LogP contribution in [0.3, 0.4) is 0 Å². The Morgan fingerprint density at radius 1 is 0.895 bits per heavy atom. The molecule has 0 aliphatic heterocycles. The van der Waals surface area contributed by atoms with Crippen molar-refractivity contribution in [3.05, 3.63) is 65.2 Å². The molecule has 0 saturated carbocycles. The number of methoxy groups -OCH3 is 1. The molecule has 0 spiro atoms. The molecule has 0 aliphatic rings. The number of benzene rings is 2. The predicted molar refractivity (Wildman–Crippen MR) is 144 cm³/mol. The van der Waals surface area contributed by atoms with E-state index in [1.54, 1.807) is 12.1 Å². The fraction of sp³-hybridized carbons (Fsp3) is 0.448. The van der Waals surface area contributed by atoms with Gasteiger partial charge in [-0.3, -0.25) is 14.4 Å². The number of hydrogen-bond acceptors (Lipinski definition) is 6. The largest absolute Gasteiger partial charge is 0.481 e. The van der Waals surface area contributed by atoms with Gasteiger partial charge in [0.05, 0.1) is 19.1 Å². The molecule has 0 fully saturated rings. The SMILES string of the molecule is COC(=O)c1ccc(NC(=O)C(CC(C)C)NC(=O)C(CCCc2ccc(CCO)cc2)CC(=O)O)cc1. The van der Waals surface area contributed by atoms with Gasteiger partial charge in [-0.05, 0) is 73.4 Å². The van der Waals surface area contributed by atoms with E-state index in [2.05, 4.69) is 15.4 Å². The van der Waals surface area contributed by atoms with Gasteiger partial charge in [-0.15, -0.1) is 0 Å². The third kappa shape index (κ3) is 10.3. The van der Waals surface area contributed by atoms with Gasteiger partial charge in [0.2, 0.25) is 11.8 Å². The van der Waals surface area contributed by atoms with Crippen LogP contribution in [0, 0.1) is 11.8 Å². The van der Waals surface area contributed by atoms with Crippen molar-refractivity contribution >= 4 is 29.4 Å². The van der Waals surface area contributed by atoms with E-state index in [1.807, 2.05) is 38.1 Å². The number of carboxylic acid groups (broad SMARTS) is 1. The average Bonchev–Trinajstić information content (AvgIpc) is 2.88. The summed E-state index contributed by atoms with van der Waals surface area (Å²) < 4.78 is 4.68. The monoisotopic (exact) mass is 526 g/mol. The van der Waals surface area contributed by atoms with Crippen LogP contribution in [0.5, 0.6) is 0 Å². The highest BCUT2D eigenvalue weighted by atomic mass is 16.5. The maximum absolute atomic E-state index is 13.1. The first kappa shape index (κ1) is 30.5. The maximum Gasteiger partial charge on any atom is 0.337 e. The molecule has 0 heterocycles. The van der Waals surface area contributed by atoms with E-state index in [9.17, 15) is 24.3 Å². The van der Waals surface area contributed by atoms with E-state index in [-0.39, 0.29) is 18.9 Å². The Labute approximate surface area is 223 Å². The van der Waals surface area contributed by atoms with Crippen molar-refractivity contribution in [1.82, 2.24) is 5.32 Å². The number of anilines is 1. The van der Waals surface area contributed by atoms with E-state index in [0.29, 0.717) is 43.4 Å². The Balaban J connectivity index is 2.03. The molecule has 0 bridgehead atoms. The zero-order valence-corrected chi connectivity index (χ0v) is 22.2. The number of aliphatic hydroxyl groups excluding tert-OH is 1. The Kier molecular flexibility index (Phi) is 12.5. The number of carbonyl (C=O) groups is 4. The highest BCUT2D eigenvalue weighted by Crippen LogP contribution is 2.18. The third-order valence-electron chi connectivity index (χ3n) is 6.15. The minimum Gasteiger partial charge on any atom is -0.481 e. The fourth-order valence-electron chi connectivity index (χ4n) is 4.12. The third-order valence-corrected chi connectivity index (χ3v) is 6.15. The zero-order chi connectivity index (χ0) is 28.1. The van der Waals surface area contributed by atoms with Crippen molar-refractivity contribution in [2.45, 2.75) is 58.4 Å². The van der Waals surface area contributed by atoms with Crippen molar-refractivity contribution in [3.63, 3.8) is 0 Å². The standard InChI is InChI=1S/C29H38N2O7/c1-19(2)17-25(28(36)30-24-13-11-22(12-14-24)29(37)38-3)31-27(35)23(18-26(33)34)6-4-5-20-7-9-21(10-8-20)15-16-32/h7-14,19,23,25,32H,4-6,15-18H2,1-3H3,(H,30,36)(H,31,35)(H,33,34). The Hall–Kier alpha value is -3.72. The first-order valence-corrected chi connectivity index (χ1v) is 12.8. The topological polar surface area (TPSA) is 142 Å². The summed E-state index contributed by atoms with van der Waals surface area (Å²) in [4.78, 5) is 49.2. The smallest absolute Gasteiger partial charge is 0.337 e. The van der Waals surface area contributed by atoms with Gasteiger partial charge >= 0.3 is 11.9 Å². The van der Waals surface area contributed by atoms with Crippen LogP contribution in [0.2, 0.25) is 0 Å². The molecule has 4 N–H and O–H groups in total. The minimum atomic E-state index is -1.07. The average molecular weight is 527 g/mol. The second-order valence-electron chi connectivity index (χ2n) is 9.73. The summed E-state index contributed by atoms with van der Waals surface area (Å²) in [5.41, 5.74) is 2.90. The number of carboxylic acids is 1. The molecular formula is C29H38N2O7. The van der Waals surface area contributed by atoms with Crippen LogP contribution in [-0.2, 0) is 32.0 Å².